The maximum Gasteiger partial charge on any atom is 0.408 e. The van der Waals surface area contributed by atoms with Crippen LogP contribution in [0.5, 0.6) is 0 Å². The molecule has 1 heterocycles. The molecule has 1 aliphatic rings. The number of likely N-dealkylation sites (tertiary alicyclic amines) is 1. The number of alkyl carbamates (subject to hydrolysis) is 1. The number of benzene rings is 1. The number of hydrogen-bond acceptors (Lipinski definition) is 3. The van der Waals surface area contributed by atoms with E-state index in [0.717, 1.165) is 19.5 Å². The average Bonchev–Trinajstić information content (AvgIpc) is 2.43. The van der Waals surface area contributed by atoms with Crippen molar-refractivity contribution in [2.45, 2.75) is 52.4 Å². The van der Waals surface area contributed by atoms with Crippen LogP contribution in [-0.2, 0) is 11.3 Å². The van der Waals surface area contributed by atoms with Crippen LogP contribution in [0.2, 0.25) is 0 Å². The van der Waals surface area contributed by atoms with Gasteiger partial charge in [0.05, 0.1) is 6.17 Å². The first-order valence-corrected chi connectivity index (χ1v) is 8.20. The van der Waals surface area contributed by atoms with E-state index in [1.165, 1.54) is 11.1 Å². The molecule has 1 fully saturated rings. The Morgan fingerprint density at radius 3 is 2.61 bits per heavy atom. The second-order valence-corrected chi connectivity index (χ2v) is 7.35. The highest BCUT2D eigenvalue weighted by Gasteiger charge is 2.31. The number of amides is 1. The normalized spacial score (nSPS) is 22.7. The van der Waals surface area contributed by atoms with Crippen LogP contribution in [0.25, 0.3) is 0 Å². The minimum absolute atomic E-state index is 0.0365. The van der Waals surface area contributed by atoms with Crippen molar-refractivity contribution in [3.63, 3.8) is 0 Å². The predicted molar refractivity (Wildman–Crippen MR) is 92.9 cm³/mol. The molecule has 23 heavy (non-hydrogen) atoms. The van der Waals surface area contributed by atoms with Gasteiger partial charge in [-0.15, -0.1) is 0 Å². The van der Waals surface area contributed by atoms with Crippen LogP contribution in [0.3, 0.4) is 0 Å². The molecule has 2 rings (SSSR count). The summed E-state index contributed by atoms with van der Waals surface area (Å²) in [6.45, 7) is 13.5. The molecule has 1 amide bonds. The van der Waals surface area contributed by atoms with E-state index in [4.69, 9.17) is 4.74 Å². The minimum Gasteiger partial charge on any atom is -0.444 e. The zero-order valence-electron chi connectivity index (χ0n) is 14.6. The molecule has 1 N–H and O–H groups in total. The number of carbonyl (C=O) groups is 1. The third kappa shape index (κ3) is 5.39. The van der Waals surface area contributed by atoms with E-state index >= 15 is 0 Å². The monoisotopic (exact) mass is 316 g/mol. The summed E-state index contributed by atoms with van der Waals surface area (Å²) in [6.07, 6.45) is 0.455. The smallest absolute Gasteiger partial charge is 0.408 e. The number of carbonyl (C=O) groups excluding carboxylic acids is 1. The van der Waals surface area contributed by atoms with E-state index in [1.54, 1.807) is 0 Å². The Morgan fingerprint density at radius 2 is 2.00 bits per heavy atom. The van der Waals surface area contributed by atoms with Crippen LogP contribution >= 0.6 is 0 Å². The molecule has 0 aliphatic carbocycles. The molecule has 0 radical (unpaired) electrons. The molecule has 126 valence electrons. The van der Waals surface area contributed by atoms with E-state index in [-0.39, 0.29) is 12.3 Å². The van der Waals surface area contributed by atoms with Gasteiger partial charge in [0.15, 0.2) is 0 Å². The standard InChI is InChI=1S/C19H28N2O2/c1-14-11-17(20-18(22)23-19(3,4)5)21(12-15(14)2)13-16-9-7-6-8-10-16/h6-10,14,17H,2,11-13H2,1,3-5H3,(H,20,22)/t14-,17+/m1/s1. The summed E-state index contributed by atoms with van der Waals surface area (Å²) in [5, 5.41) is 3.02. The Hall–Kier alpha value is -1.81. The SMILES string of the molecule is C=C1CN(Cc2ccccc2)[C@H](NC(=O)OC(C)(C)C)C[C@H]1C. The summed E-state index contributed by atoms with van der Waals surface area (Å²) in [5.41, 5.74) is 1.95. The van der Waals surface area contributed by atoms with Crippen molar-refractivity contribution in [3.05, 3.63) is 48.0 Å². The molecule has 4 nitrogen and oxygen atoms in total. The number of ether oxygens (including phenoxy) is 1. The lowest BCUT2D eigenvalue weighted by Crippen LogP contribution is -2.53. The minimum atomic E-state index is -0.488. The Kier molecular flexibility index (Phi) is 5.47. The fourth-order valence-corrected chi connectivity index (χ4v) is 2.76. The van der Waals surface area contributed by atoms with Crippen molar-refractivity contribution in [2.24, 2.45) is 5.92 Å². The second kappa shape index (κ2) is 7.18. The predicted octanol–water partition coefficient (Wildman–Crippen LogP) is 3.94. The molecular weight excluding hydrogens is 288 g/mol. The van der Waals surface area contributed by atoms with Gasteiger partial charge in [0, 0.05) is 13.1 Å². The molecule has 1 aromatic carbocycles. The van der Waals surface area contributed by atoms with Gasteiger partial charge in [-0.2, -0.15) is 0 Å². The first kappa shape index (κ1) is 17.5. The van der Waals surface area contributed by atoms with Gasteiger partial charge < -0.3 is 10.1 Å². The van der Waals surface area contributed by atoms with Gasteiger partial charge in [-0.3, -0.25) is 4.90 Å². The van der Waals surface area contributed by atoms with Crippen molar-refractivity contribution in [3.8, 4) is 0 Å². The number of piperidine rings is 1. The van der Waals surface area contributed by atoms with Gasteiger partial charge in [-0.25, -0.2) is 4.79 Å². The van der Waals surface area contributed by atoms with E-state index < -0.39 is 5.60 Å². The van der Waals surface area contributed by atoms with Gasteiger partial charge in [0.2, 0.25) is 0 Å². The summed E-state index contributed by atoms with van der Waals surface area (Å²) in [4.78, 5) is 14.4. The number of rotatable bonds is 3. The summed E-state index contributed by atoms with van der Waals surface area (Å²) < 4.78 is 5.40. The quantitative estimate of drug-likeness (QED) is 0.859. The van der Waals surface area contributed by atoms with Crippen molar-refractivity contribution in [1.82, 2.24) is 10.2 Å². The molecule has 1 aromatic rings. The summed E-state index contributed by atoms with van der Waals surface area (Å²) in [5.74, 6) is 0.391. The van der Waals surface area contributed by atoms with Crippen LogP contribution in [0.4, 0.5) is 4.79 Å². The number of nitrogens with one attached hydrogen (secondary N) is 1. The zero-order valence-corrected chi connectivity index (χ0v) is 14.6. The highest BCUT2D eigenvalue weighted by Crippen LogP contribution is 2.26. The Bertz CT molecular complexity index is 548. The van der Waals surface area contributed by atoms with Gasteiger partial charge in [0.25, 0.3) is 0 Å². The van der Waals surface area contributed by atoms with E-state index in [0.29, 0.717) is 5.92 Å². The second-order valence-electron chi connectivity index (χ2n) is 7.35. The van der Waals surface area contributed by atoms with Crippen molar-refractivity contribution >= 4 is 6.09 Å². The van der Waals surface area contributed by atoms with Crippen molar-refractivity contribution < 1.29 is 9.53 Å². The van der Waals surface area contributed by atoms with Gasteiger partial charge in [0.1, 0.15) is 5.60 Å². The Labute approximate surface area is 139 Å². The molecule has 0 saturated carbocycles. The average molecular weight is 316 g/mol. The molecule has 1 aliphatic heterocycles. The lowest BCUT2D eigenvalue weighted by molar-refractivity contribution is 0.0360. The third-order valence-corrected chi connectivity index (χ3v) is 4.03. The number of nitrogens with zero attached hydrogens (tertiary/aromatic N) is 1. The van der Waals surface area contributed by atoms with Crippen LogP contribution in [0, 0.1) is 5.92 Å². The summed E-state index contributed by atoms with van der Waals surface area (Å²) in [6, 6.07) is 10.3. The first-order chi connectivity index (χ1) is 10.7. The Morgan fingerprint density at radius 1 is 1.35 bits per heavy atom. The summed E-state index contributed by atoms with van der Waals surface area (Å²) >= 11 is 0. The maximum absolute atomic E-state index is 12.1. The molecule has 0 bridgehead atoms. The number of hydrogen-bond donors (Lipinski definition) is 1. The van der Waals surface area contributed by atoms with E-state index in [9.17, 15) is 4.79 Å². The molecule has 0 aromatic heterocycles. The van der Waals surface area contributed by atoms with Crippen molar-refractivity contribution in [1.29, 1.82) is 0 Å². The maximum atomic E-state index is 12.1. The fraction of sp³-hybridized carbons (Fsp3) is 0.526. The van der Waals surface area contributed by atoms with E-state index in [1.807, 2.05) is 39.0 Å². The van der Waals surface area contributed by atoms with Crippen LogP contribution < -0.4 is 5.32 Å². The highest BCUT2D eigenvalue weighted by atomic mass is 16.6. The molecule has 0 unspecified atom stereocenters. The lowest BCUT2D eigenvalue weighted by atomic mass is 9.91. The lowest BCUT2D eigenvalue weighted by Gasteiger charge is -2.40. The molecule has 2 atom stereocenters. The van der Waals surface area contributed by atoms with Gasteiger partial charge >= 0.3 is 6.09 Å². The highest BCUT2D eigenvalue weighted by molar-refractivity contribution is 5.68. The summed E-state index contributed by atoms with van der Waals surface area (Å²) in [7, 11) is 0. The molecule has 1 saturated heterocycles. The van der Waals surface area contributed by atoms with Crippen LogP contribution in [0.15, 0.2) is 42.5 Å². The fourth-order valence-electron chi connectivity index (χ4n) is 2.76. The van der Waals surface area contributed by atoms with Crippen LogP contribution in [-0.4, -0.2) is 29.3 Å². The van der Waals surface area contributed by atoms with Gasteiger partial charge in [-0.05, 0) is 38.7 Å². The van der Waals surface area contributed by atoms with Crippen LogP contribution in [0.1, 0.15) is 39.7 Å². The molecular formula is C19H28N2O2. The van der Waals surface area contributed by atoms with Gasteiger partial charge in [-0.1, -0.05) is 49.4 Å². The van der Waals surface area contributed by atoms with E-state index in [2.05, 4.69) is 35.9 Å². The van der Waals surface area contributed by atoms with Crippen molar-refractivity contribution in [2.75, 3.05) is 6.54 Å². The molecule has 4 heteroatoms. The third-order valence-electron chi connectivity index (χ3n) is 4.03. The zero-order chi connectivity index (χ0) is 17.0. The largest absolute Gasteiger partial charge is 0.444 e. The first-order valence-electron chi connectivity index (χ1n) is 8.20. The molecule has 0 spiro atoms. The topological polar surface area (TPSA) is 41.6 Å². The Balaban J connectivity index is 2.06.